The van der Waals surface area contributed by atoms with Gasteiger partial charge in [-0.05, 0) is 43.2 Å². The summed E-state index contributed by atoms with van der Waals surface area (Å²) in [6.45, 7) is 1.29. The number of thiazole rings is 1. The number of thiophene rings is 1. The number of carbonyl (C=O) groups excluding carboxylic acids is 1. The molecule has 2 fully saturated rings. The molecule has 1 atom stereocenters. The van der Waals surface area contributed by atoms with Crippen molar-refractivity contribution in [2.45, 2.75) is 42.0 Å². The van der Waals surface area contributed by atoms with Gasteiger partial charge in [0.05, 0.1) is 14.6 Å². The van der Waals surface area contributed by atoms with Gasteiger partial charge >= 0.3 is 0 Å². The van der Waals surface area contributed by atoms with E-state index in [2.05, 4.69) is 4.98 Å². The maximum atomic E-state index is 13.4. The molecule has 12 heteroatoms. The Morgan fingerprint density at radius 2 is 1.91 bits per heavy atom. The maximum Gasteiger partial charge on any atom is 0.274 e. The molecule has 0 N–H and O–H groups in total. The van der Waals surface area contributed by atoms with Crippen LogP contribution in [-0.2, 0) is 14.8 Å². The van der Waals surface area contributed by atoms with Crippen molar-refractivity contribution in [2.75, 3.05) is 19.6 Å². The zero-order valence-electron chi connectivity index (χ0n) is 17.4. The second-order valence-electron chi connectivity index (χ2n) is 8.07. The van der Waals surface area contributed by atoms with Crippen molar-refractivity contribution < 1.29 is 22.3 Å². The number of rotatable bonds is 5. The lowest BCUT2D eigenvalue weighted by atomic mass is 10.1. The molecule has 2 saturated heterocycles. The van der Waals surface area contributed by atoms with Crippen LogP contribution in [0.4, 0.5) is 4.39 Å². The monoisotopic (exact) mass is 529 g/mol. The van der Waals surface area contributed by atoms with E-state index in [1.807, 2.05) is 0 Å². The predicted molar refractivity (Wildman–Crippen MR) is 126 cm³/mol. The average Bonchev–Trinajstić information content (AvgIpc) is 3.53. The van der Waals surface area contributed by atoms with E-state index in [-0.39, 0.29) is 22.0 Å². The third kappa shape index (κ3) is 4.61. The van der Waals surface area contributed by atoms with Gasteiger partial charge in [0.15, 0.2) is 0 Å². The molecule has 0 spiro atoms. The number of carbonyl (C=O) groups is 1. The first-order valence-electron chi connectivity index (χ1n) is 10.6. The Balaban J connectivity index is 1.21. The smallest absolute Gasteiger partial charge is 0.274 e. The number of hydrogen-bond donors (Lipinski definition) is 0. The normalized spacial score (nSPS) is 20.5. The van der Waals surface area contributed by atoms with Gasteiger partial charge in [-0.2, -0.15) is 4.31 Å². The second-order valence-corrected chi connectivity index (χ2v) is 12.9. The van der Waals surface area contributed by atoms with Crippen LogP contribution in [0, 0.1) is 5.82 Å². The van der Waals surface area contributed by atoms with Crippen molar-refractivity contribution in [1.82, 2.24) is 14.2 Å². The van der Waals surface area contributed by atoms with Crippen LogP contribution >= 0.6 is 34.3 Å². The zero-order valence-corrected chi connectivity index (χ0v) is 20.7. The number of fused-ring (bicyclic) bond motifs is 1. The van der Waals surface area contributed by atoms with Crippen molar-refractivity contribution in [3.63, 3.8) is 0 Å². The molecule has 0 radical (unpaired) electrons. The first-order chi connectivity index (χ1) is 15.8. The molecule has 1 aromatic carbocycles. The molecule has 4 heterocycles. The fourth-order valence-electron chi connectivity index (χ4n) is 4.30. The largest absolute Gasteiger partial charge is 0.467 e. The number of benzene rings is 1. The number of aromatic nitrogens is 1. The van der Waals surface area contributed by atoms with E-state index < -0.39 is 16.1 Å². The van der Waals surface area contributed by atoms with E-state index in [1.54, 1.807) is 17.0 Å². The molecule has 0 bridgehead atoms. The Hall–Kier alpha value is -1.79. The van der Waals surface area contributed by atoms with Gasteiger partial charge in [0.25, 0.3) is 15.2 Å². The number of amides is 1. The highest BCUT2D eigenvalue weighted by Crippen LogP contribution is 2.34. The molecule has 2 aromatic heterocycles. The Morgan fingerprint density at radius 1 is 1.12 bits per heavy atom. The first kappa shape index (κ1) is 23.0. The molecule has 1 amide bonds. The van der Waals surface area contributed by atoms with E-state index in [0.29, 0.717) is 60.4 Å². The summed E-state index contributed by atoms with van der Waals surface area (Å²) in [5, 5.41) is 0.489. The first-order valence-corrected chi connectivity index (χ1v) is 14.0. The molecule has 2 aliphatic rings. The third-order valence-corrected chi connectivity index (χ3v) is 10.5. The van der Waals surface area contributed by atoms with Crippen molar-refractivity contribution in [3.8, 4) is 5.19 Å². The topological polar surface area (TPSA) is 79.8 Å². The Bertz CT molecular complexity index is 1290. The molecule has 0 saturated carbocycles. The number of sulfonamides is 1. The summed E-state index contributed by atoms with van der Waals surface area (Å²) >= 11 is 8.23. The highest BCUT2D eigenvalue weighted by atomic mass is 35.5. The van der Waals surface area contributed by atoms with Gasteiger partial charge in [0.1, 0.15) is 22.2 Å². The predicted octanol–water partition coefficient (Wildman–Crippen LogP) is 4.37. The number of halogens is 2. The van der Waals surface area contributed by atoms with Crippen LogP contribution < -0.4 is 4.74 Å². The molecular formula is C21H21ClFN3O4S3. The highest BCUT2D eigenvalue weighted by molar-refractivity contribution is 7.91. The van der Waals surface area contributed by atoms with Gasteiger partial charge in [-0.1, -0.05) is 22.9 Å². The van der Waals surface area contributed by atoms with Crippen LogP contribution in [0.25, 0.3) is 10.2 Å². The summed E-state index contributed by atoms with van der Waals surface area (Å²) < 4.78 is 48.1. The molecular weight excluding hydrogens is 509 g/mol. The van der Waals surface area contributed by atoms with Crippen molar-refractivity contribution in [1.29, 1.82) is 0 Å². The highest BCUT2D eigenvalue weighted by Gasteiger charge is 2.42. The summed E-state index contributed by atoms with van der Waals surface area (Å²) in [7, 11) is -3.76. The van der Waals surface area contributed by atoms with Crippen LogP contribution in [0.1, 0.15) is 25.7 Å². The maximum absolute atomic E-state index is 13.4. The minimum atomic E-state index is -3.76. The lowest BCUT2D eigenvalue weighted by molar-refractivity contribution is -0.136. The molecule has 5 rings (SSSR count). The fourth-order valence-corrected chi connectivity index (χ4v) is 8.47. The van der Waals surface area contributed by atoms with E-state index in [9.17, 15) is 17.6 Å². The quantitative estimate of drug-likeness (QED) is 0.490. The average molecular weight is 530 g/mol. The second kappa shape index (κ2) is 9.10. The molecule has 33 heavy (non-hydrogen) atoms. The SMILES string of the molecule is O=C(C1CCCN1S(=O)(=O)c1ccc(Cl)s1)N1CCC(Oc2nc3ccc(F)cc3s2)CC1. The zero-order chi connectivity index (χ0) is 23.2. The fraction of sp³-hybridized carbons (Fsp3) is 0.429. The Labute approximate surface area is 203 Å². The molecule has 1 unspecified atom stereocenters. The van der Waals surface area contributed by atoms with Crippen LogP contribution in [0.15, 0.2) is 34.5 Å². The van der Waals surface area contributed by atoms with E-state index in [4.69, 9.17) is 16.3 Å². The van der Waals surface area contributed by atoms with E-state index >= 15 is 0 Å². The standard InChI is InChI=1S/C21H21ClFN3O4S3/c22-18-5-6-19(32-18)33(28,29)26-9-1-2-16(26)20(27)25-10-7-14(8-11-25)30-21-24-15-4-3-13(23)12-17(15)31-21/h3-6,12,14,16H,1-2,7-11H2. The van der Waals surface area contributed by atoms with Crippen LogP contribution in [0.3, 0.4) is 0 Å². The summed E-state index contributed by atoms with van der Waals surface area (Å²) in [6.07, 6.45) is 2.30. The van der Waals surface area contributed by atoms with Crippen molar-refractivity contribution >= 4 is 60.4 Å². The summed E-state index contributed by atoms with van der Waals surface area (Å²) in [6, 6.07) is 6.79. The Morgan fingerprint density at radius 3 is 2.64 bits per heavy atom. The van der Waals surface area contributed by atoms with Gasteiger partial charge in [-0.25, -0.2) is 17.8 Å². The van der Waals surface area contributed by atoms with E-state index in [1.165, 1.54) is 33.8 Å². The summed E-state index contributed by atoms with van der Waals surface area (Å²) in [4.78, 5) is 19.3. The minimum absolute atomic E-state index is 0.101. The number of hydrogen-bond acceptors (Lipinski definition) is 7. The van der Waals surface area contributed by atoms with Gasteiger partial charge in [0.2, 0.25) is 5.91 Å². The van der Waals surface area contributed by atoms with Crippen LogP contribution in [-0.4, -0.2) is 60.3 Å². The number of nitrogens with zero attached hydrogens (tertiary/aromatic N) is 3. The molecule has 2 aliphatic heterocycles. The molecule has 176 valence electrons. The van der Waals surface area contributed by atoms with Crippen molar-refractivity contribution in [2.24, 2.45) is 0 Å². The van der Waals surface area contributed by atoms with Gasteiger partial charge in [0, 0.05) is 32.5 Å². The number of ether oxygens (including phenoxy) is 1. The van der Waals surface area contributed by atoms with Crippen LogP contribution in [0.2, 0.25) is 4.34 Å². The van der Waals surface area contributed by atoms with Gasteiger partial charge in [-0.15, -0.1) is 11.3 Å². The number of likely N-dealkylation sites (tertiary alicyclic amines) is 1. The van der Waals surface area contributed by atoms with Gasteiger partial charge in [-0.3, -0.25) is 4.79 Å². The van der Waals surface area contributed by atoms with Gasteiger partial charge < -0.3 is 9.64 Å². The molecule has 7 nitrogen and oxygen atoms in total. The van der Waals surface area contributed by atoms with Crippen molar-refractivity contribution in [3.05, 3.63) is 40.5 Å². The molecule has 3 aromatic rings. The summed E-state index contributed by atoms with van der Waals surface area (Å²) in [5.74, 6) is -0.470. The minimum Gasteiger partial charge on any atom is -0.467 e. The van der Waals surface area contributed by atoms with E-state index in [0.717, 1.165) is 16.0 Å². The summed E-state index contributed by atoms with van der Waals surface area (Å²) in [5.41, 5.74) is 0.693. The number of piperidine rings is 1. The molecule has 0 aliphatic carbocycles. The third-order valence-electron chi connectivity index (χ3n) is 5.95. The van der Waals surface area contributed by atoms with Crippen LogP contribution in [0.5, 0.6) is 5.19 Å². The Kier molecular flexibility index (Phi) is 6.34. The lowest BCUT2D eigenvalue weighted by Crippen LogP contribution is -2.50. The lowest BCUT2D eigenvalue weighted by Gasteiger charge is -2.34.